The number of aryl methyl sites for hydroxylation is 2. The third kappa shape index (κ3) is 3.35. The van der Waals surface area contributed by atoms with Gasteiger partial charge < -0.3 is 18.6 Å². The average Bonchev–Trinajstić information content (AvgIpc) is 3.20. The molecular weight excluding hydrogens is 330 g/mol. The maximum atomic E-state index is 13.0. The molecule has 0 unspecified atom stereocenters. The number of carbonyl (C=O) groups is 1. The highest BCUT2D eigenvalue weighted by atomic mass is 16.5. The smallest absolute Gasteiger partial charge is 0.290 e. The van der Waals surface area contributed by atoms with Crippen molar-refractivity contribution in [3.8, 4) is 5.75 Å². The summed E-state index contributed by atoms with van der Waals surface area (Å²) in [6.07, 6.45) is 4.54. The van der Waals surface area contributed by atoms with E-state index in [1.807, 2.05) is 60.7 Å². The van der Waals surface area contributed by atoms with Crippen molar-refractivity contribution in [1.29, 1.82) is 0 Å². The van der Waals surface area contributed by atoms with E-state index in [1.54, 1.807) is 0 Å². The lowest BCUT2D eigenvalue weighted by atomic mass is 10.2. The van der Waals surface area contributed by atoms with Gasteiger partial charge >= 0.3 is 0 Å². The van der Waals surface area contributed by atoms with Gasteiger partial charge in [0.25, 0.3) is 5.91 Å². The zero-order chi connectivity index (χ0) is 17.9. The van der Waals surface area contributed by atoms with Gasteiger partial charge in [-0.3, -0.25) is 4.79 Å². The first-order chi connectivity index (χ1) is 12.7. The molecule has 0 bridgehead atoms. The summed E-state index contributed by atoms with van der Waals surface area (Å²) in [5.41, 5.74) is 1.88. The van der Waals surface area contributed by atoms with Crippen molar-refractivity contribution in [1.82, 2.24) is 14.5 Å². The van der Waals surface area contributed by atoms with Gasteiger partial charge in [0.2, 0.25) is 0 Å². The Hall–Kier alpha value is -3.02. The fraction of sp³-hybridized carbons (Fsp3) is 0.300. The van der Waals surface area contributed by atoms with E-state index >= 15 is 0 Å². The predicted molar refractivity (Wildman–Crippen MR) is 95.8 cm³/mol. The van der Waals surface area contributed by atoms with Crippen LogP contribution >= 0.6 is 0 Å². The van der Waals surface area contributed by atoms with Crippen LogP contribution in [-0.4, -0.2) is 26.9 Å². The monoisotopic (exact) mass is 351 g/mol. The second-order valence-corrected chi connectivity index (χ2v) is 6.49. The molecule has 0 spiro atoms. The highest BCUT2D eigenvalue weighted by Crippen LogP contribution is 2.21. The largest absolute Gasteiger partial charge is 0.486 e. The number of para-hydroxylation sites is 1. The number of imidazole rings is 1. The van der Waals surface area contributed by atoms with E-state index in [1.165, 1.54) is 0 Å². The Balaban J connectivity index is 1.47. The zero-order valence-electron chi connectivity index (χ0n) is 14.7. The standard InChI is InChI=1S/C20H21N3O3/c1-15-10-18(13-25-17-6-3-2-4-7-17)26-19(15)20(24)22-8-5-9-23-14-21-11-16(23)12-22/h2-4,6-7,10-11,14H,5,8-9,12-13H2,1H3. The molecule has 134 valence electrons. The molecule has 3 aromatic rings. The molecule has 0 N–H and O–H groups in total. The predicted octanol–water partition coefficient (Wildman–Crippen LogP) is 3.41. The third-order valence-electron chi connectivity index (χ3n) is 4.55. The Morgan fingerprint density at radius 2 is 2.12 bits per heavy atom. The van der Waals surface area contributed by atoms with Crippen molar-refractivity contribution in [3.63, 3.8) is 0 Å². The molecule has 1 aliphatic rings. The van der Waals surface area contributed by atoms with E-state index in [9.17, 15) is 4.79 Å². The second-order valence-electron chi connectivity index (χ2n) is 6.49. The third-order valence-corrected chi connectivity index (χ3v) is 4.55. The normalized spacial score (nSPS) is 14.0. The second kappa shape index (κ2) is 7.07. The quantitative estimate of drug-likeness (QED) is 0.723. The lowest BCUT2D eigenvalue weighted by Gasteiger charge is -2.19. The van der Waals surface area contributed by atoms with Crippen molar-refractivity contribution >= 4 is 5.91 Å². The molecule has 26 heavy (non-hydrogen) atoms. The zero-order valence-corrected chi connectivity index (χ0v) is 14.7. The van der Waals surface area contributed by atoms with E-state index < -0.39 is 0 Å². The van der Waals surface area contributed by atoms with Crippen LogP contribution in [0, 0.1) is 6.92 Å². The molecule has 1 amide bonds. The van der Waals surface area contributed by atoms with Gasteiger partial charge in [0, 0.05) is 24.8 Å². The molecule has 0 radical (unpaired) electrons. The highest BCUT2D eigenvalue weighted by molar-refractivity contribution is 5.93. The number of aromatic nitrogens is 2. The molecule has 0 saturated heterocycles. The number of carbonyl (C=O) groups excluding carboxylic acids is 1. The number of furan rings is 1. The van der Waals surface area contributed by atoms with Crippen LogP contribution in [0.5, 0.6) is 5.75 Å². The first-order valence-electron chi connectivity index (χ1n) is 8.76. The fourth-order valence-electron chi connectivity index (χ4n) is 3.21. The number of rotatable bonds is 4. The first kappa shape index (κ1) is 16.4. The Kier molecular flexibility index (Phi) is 4.48. The lowest BCUT2D eigenvalue weighted by Crippen LogP contribution is -2.30. The summed E-state index contributed by atoms with van der Waals surface area (Å²) < 4.78 is 13.6. The summed E-state index contributed by atoms with van der Waals surface area (Å²) >= 11 is 0. The van der Waals surface area contributed by atoms with Crippen molar-refractivity contribution in [2.75, 3.05) is 6.54 Å². The average molecular weight is 351 g/mol. The minimum atomic E-state index is -0.0805. The molecule has 1 aromatic carbocycles. The van der Waals surface area contributed by atoms with Gasteiger partial charge in [-0.05, 0) is 31.5 Å². The molecule has 3 heterocycles. The van der Waals surface area contributed by atoms with Gasteiger partial charge in [0.15, 0.2) is 5.76 Å². The minimum Gasteiger partial charge on any atom is -0.486 e. The van der Waals surface area contributed by atoms with E-state index in [0.717, 1.165) is 30.0 Å². The van der Waals surface area contributed by atoms with E-state index in [4.69, 9.17) is 9.15 Å². The Bertz CT molecular complexity index is 898. The molecule has 0 fully saturated rings. The molecule has 0 saturated carbocycles. The van der Waals surface area contributed by atoms with Crippen molar-refractivity contribution in [2.24, 2.45) is 0 Å². The van der Waals surface area contributed by atoms with Gasteiger partial charge in [-0.15, -0.1) is 0 Å². The number of fused-ring (bicyclic) bond motifs is 1. The number of amides is 1. The van der Waals surface area contributed by atoms with Crippen LogP contribution in [0.3, 0.4) is 0 Å². The van der Waals surface area contributed by atoms with Crippen LogP contribution in [0.2, 0.25) is 0 Å². The van der Waals surface area contributed by atoms with Crippen LogP contribution in [0.1, 0.15) is 34.0 Å². The first-order valence-corrected chi connectivity index (χ1v) is 8.76. The molecule has 0 atom stereocenters. The Labute approximate surface area is 152 Å². The summed E-state index contributed by atoms with van der Waals surface area (Å²) in [5, 5.41) is 0. The molecule has 1 aliphatic heterocycles. The number of ether oxygens (including phenoxy) is 1. The van der Waals surface area contributed by atoms with Crippen LogP contribution in [0.4, 0.5) is 0 Å². The van der Waals surface area contributed by atoms with Gasteiger partial charge in [0.1, 0.15) is 18.1 Å². The Morgan fingerprint density at radius 3 is 2.96 bits per heavy atom. The number of nitrogens with zero attached hydrogens (tertiary/aromatic N) is 3. The highest BCUT2D eigenvalue weighted by Gasteiger charge is 2.25. The van der Waals surface area contributed by atoms with Gasteiger partial charge in [-0.1, -0.05) is 18.2 Å². The van der Waals surface area contributed by atoms with Gasteiger partial charge in [-0.2, -0.15) is 0 Å². The van der Waals surface area contributed by atoms with Crippen LogP contribution in [0.25, 0.3) is 0 Å². The van der Waals surface area contributed by atoms with Gasteiger partial charge in [0.05, 0.1) is 18.6 Å². The maximum Gasteiger partial charge on any atom is 0.290 e. The minimum absolute atomic E-state index is 0.0805. The lowest BCUT2D eigenvalue weighted by molar-refractivity contribution is 0.0708. The van der Waals surface area contributed by atoms with Crippen molar-refractivity contribution in [2.45, 2.75) is 33.0 Å². The molecule has 2 aromatic heterocycles. The topological polar surface area (TPSA) is 60.5 Å². The van der Waals surface area contributed by atoms with E-state index in [-0.39, 0.29) is 5.91 Å². The van der Waals surface area contributed by atoms with Gasteiger partial charge in [-0.25, -0.2) is 4.98 Å². The van der Waals surface area contributed by atoms with E-state index in [0.29, 0.717) is 31.2 Å². The van der Waals surface area contributed by atoms with E-state index in [2.05, 4.69) is 9.55 Å². The summed E-state index contributed by atoms with van der Waals surface area (Å²) in [4.78, 5) is 19.0. The summed E-state index contributed by atoms with van der Waals surface area (Å²) in [6, 6.07) is 11.4. The SMILES string of the molecule is Cc1cc(COc2ccccc2)oc1C(=O)N1CCCn2cncc2C1. The molecule has 0 aliphatic carbocycles. The summed E-state index contributed by atoms with van der Waals surface area (Å²) in [7, 11) is 0. The molecule has 6 heteroatoms. The fourth-order valence-corrected chi connectivity index (χ4v) is 3.21. The number of hydrogen-bond acceptors (Lipinski definition) is 4. The maximum absolute atomic E-state index is 13.0. The van der Waals surface area contributed by atoms with Crippen LogP contribution in [-0.2, 0) is 19.7 Å². The van der Waals surface area contributed by atoms with Crippen LogP contribution in [0.15, 0.2) is 53.3 Å². The molecule has 4 rings (SSSR count). The number of hydrogen-bond donors (Lipinski definition) is 0. The summed E-state index contributed by atoms with van der Waals surface area (Å²) in [6.45, 7) is 4.33. The van der Waals surface area contributed by atoms with Crippen molar-refractivity contribution < 1.29 is 13.9 Å². The number of benzene rings is 1. The summed E-state index contributed by atoms with van der Waals surface area (Å²) in [5.74, 6) is 1.73. The van der Waals surface area contributed by atoms with Crippen LogP contribution < -0.4 is 4.74 Å². The van der Waals surface area contributed by atoms with Crippen molar-refractivity contribution in [3.05, 3.63) is 71.7 Å². The molecular formula is C20H21N3O3. The Morgan fingerprint density at radius 1 is 1.27 bits per heavy atom. The molecule has 6 nitrogen and oxygen atoms in total.